The lowest BCUT2D eigenvalue weighted by molar-refractivity contribution is -0.121. The van der Waals surface area contributed by atoms with E-state index >= 15 is 0 Å². The van der Waals surface area contributed by atoms with Crippen molar-refractivity contribution in [2.45, 2.75) is 13.8 Å². The summed E-state index contributed by atoms with van der Waals surface area (Å²) >= 11 is 0. The summed E-state index contributed by atoms with van der Waals surface area (Å²) in [6, 6.07) is 15.5. The molecule has 1 amide bonds. The molecule has 0 aliphatic carbocycles. The number of amides is 1. The number of carbonyl (C=O) groups is 1. The third kappa shape index (κ3) is 2.18. The van der Waals surface area contributed by atoms with E-state index in [1.807, 2.05) is 48.5 Å². The summed E-state index contributed by atoms with van der Waals surface area (Å²) in [5, 5.41) is 13.8. The Morgan fingerprint density at radius 3 is 2.56 bits per heavy atom. The second-order valence-electron chi connectivity index (χ2n) is 4.72. The fourth-order valence-electron chi connectivity index (χ4n) is 1.66. The molecule has 0 saturated heterocycles. The molecule has 18 heavy (non-hydrogen) atoms. The van der Waals surface area contributed by atoms with Crippen molar-refractivity contribution in [2.75, 3.05) is 5.32 Å². The van der Waals surface area contributed by atoms with E-state index in [0.717, 1.165) is 16.5 Å². The third-order valence-corrected chi connectivity index (χ3v) is 2.89. The number of hydrogen-bond donors (Lipinski definition) is 1. The maximum absolute atomic E-state index is 12.0. The largest absolute Gasteiger partial charge is 0.324 e. The molecule has 0 bridgehead atoms. The Hall–Kier alpha value is -2.34. The molecule has 0 unspecified atom stereocenters. The first kappa shape index (κ1) is 12.1. The summed E-state index contributed by atoms with van der Waals surface area (Å²) in [5.74, 6) is -0.290. The van der Waals surface area contributed by atoms with Crippen LogP contribution in [-0.2, 0) is 4.79 Å². The molecule has 0 radical (unpaired) electrons. The van der Waals surface area contributed by atoms with Crippen molar-refractivity contribution in [2.24, 2.45) is 5.41 Å². The number of benzene rings is 2. The number of nitriles is 1. The molecular weight excluding hydrogens is 224 g/mol. The first-order chi connectivity index (χ1) is 8.54. The molecule has 0 fully saturated rings. The number of carbonyl (C=O) groups excluding carboxylic acids is 1. The van der Waals surface area contributed by atoms with Crippen molar-refractivity contribution in [3.05, 3.63) is 42.5 Å². The molecule has 0 heterocycles. The van der Waals surface area contributed by atoms with Gasteiger partial charge in [-0.25, -0.2) is 0 Å². The quantitative estimate of drug-likeness (QED) is 0.872. The zero-order chi connectivity index (χ0) is 13.2. The van der Waals surface area contributed by atoms with Crippen molar-refractivity contribution in [1.29, 1.82) is 5.26 Å². The van der Waals surface area contributed by atoms with Crippen LogP contribution >= 0.6 is 0 Å². The summed E-state index contributed by atoms with van der Waals surface area (Å²) in [6.07, 6.45) is 0. The second-order valence-corrected chi connectivity index (χ2v) is 4.72. The van der Waals surface area contributed by atoms with E-state index < -0.39 is 5.41 Å². The Labute approximate surface area is 106 Å². The molecule has 2 aromatic rings. The minimum Gasteiger partial charge on any atom is -0.324 e. The molecule has 0 atom stereocenters. The van der Waals surface area contributed by atoms with Crippen LogP contribution in [0.25, 0.3) is 10.8 Å². The molecule has 2 rings (SSSR count). The third-order valence-electron chi connectivity index (χ3n) is 2.89. The van der Waals surface area contributed by atoms with E-state index in [2.05, 4.69) is 5.32 Å². The van der Waals surface area contributed by atoms with Crippen LogP contribution < -0.4 is 5.32 Å². The van der Waals surface area contributed by atoms with Crippen molar-refractivity contribution in [3.8, 4) is 6.07 Å². The molecule has 0 aliphatic heterocycles. The zero-order valence-corrected chi connectivity index (χ0v) is 10.4. The Bertz CT molecular complexity index is 633. The summed E-state index contributed by atoms with van der Waals surface area (Å²) in [6.45, 7) is 3.21. The highest BCUT2D eigenvalue weighted by atomic mass is 16.2. The van der Waals surface area contributed by atoms with Gasteiger partial charge >= 0.3 is 0 Å². The lowest BCUT2D eigenvalue weighted by atomic mass is 9.94. The zero-order valence-electron chi connectivity index (χ0n) is 10.4. The number of hydrogen-bond acceptors (Lipinski definition) is 2. The van der Waals surface area contributed by atoms with Gasteiger partial charge in [0.1, 0.15) is 5.41 Å². The van der Waals surface area contributed by atoms with Crippen molar-refractivity contribution in [1.82, 2.24) is 0 Å². The first-order valence-corrected chi connectivity index (χ1v) is 5.75. The van der Waals surface area contributed by atoms with Crippen LogP contribution in [0, 0.1) is 16.7 Å². The van der Waals surface area contributed by atoms with Crippen LogP contribution in [0.1, 0.15) is 13.8 Å². The monoisotopic (exact) mass is 238 g/mol. The molecular formula is C15H14N2O. The van der Waals surface area contributed by atoms with Crippen molar-refractivity contribution < 1.29 is 4.79 Å². The van der Waals surface area contributed by atoms with Crippen LogP contribution in [0.5, 0.6) is 0 Å². The Balaban J connectivity index is 2.39. The lowest BCUT2D eigenvalue weighted by Crippen LogP contribution is -2.29. The summed E-state index contributed by atoms with van der Waals surface area (Å²) in [4.78, 5) is 12.0. The molecule has 90 valence electrons. The normalized spacial score (nSPS) is 10.9. The number of nitrogens with zero attached hydrogens (tertiary/aromatic N) is 1. The smallest absolute Gasteiger partial charge is 0.244 e. The standard InChI is InChI=1S/C15H14N2O/c1-15(2,10-16)14(18)17-13-9-5-7-11-6-3-4-8-12(11)13/h3-9H,1-2H3,(H,17,18). The van der Waals surface area contributed by atoms with Crippen molar-refractivity contribution >= 4 is 22.4 Å². The maximum Gasteiger partial charge on any atom is 0.244 e. The summed E-state index contributed by atoms with van der Waals surface area (Å²) < 4.78 is 0. The van der Waals surface area contributed by atoms with Gasteiger partial charge in [-0.3, -0.25) is 4.79 Å². The predicted octanol–water partition coefficient (Wildman–Crippen LogP) is 3.33. The number of anilines is 1. The fourth-order valence-corrected chi connectivity index (χ4v) is 1.66. The highest BCUT2D eigenvalue weighted by Crippen LogP contribution is 2.25. The van der Waals surface area contributed by atoms with Gasteiger partial charge in [-0.1, -0.05) is 36.4 Å². The van der Waals surface area contributed by atoms with E-state index in [-0.39, 0.29) is 5.91 Å². The van der Waals surface area contributed by atoms with Crippen LogP contribution in [-0.4, -0.2) is 5.91 Å². The van der Waals surface area contributed by atoms with Gasteiger partial charge in [0.15, 0.2) is 0 Å². The van der Waals surface area contributed by atoms with Crippen LogP contribution in [0.4, 0.5) is 5.69 Å². The van der Waals surface area contributed by atoms with Gasteiger partial charge in [0, 0.05) is 11.1 Å². The Kier molecular flexibility index (Phi) is 3.03. The van der Waals surface area contributed by atoms with Crippen molar-refractivity contribution in [3.63, 3.8) is 0 Å². The topological polar surface area (TPSA) is 52.9 Å². The predicted molar refractivity (Wildman–Crippen MR) is 72.0 cm³/mol. The SMILES string of the molecule is CC(C)(C#N)C(=O)Nc1cccc2ccccc12. The first-order valence-electron chi connectivity index (χ1n) is 5.75. The Morgan fingerprint density at radius 1 is 1.17 bits per heavy atom. The molecule has 0 aromatic heterocycles. The molecule has 0 aliphatic rings. The Morgan fingerprint density at radius 2 is 1.83 bits per heavy atom. The highest BCUT2D eigenvalue weighted by Gasteiger charge is 2.27. The highest BCUT2D eigenvalue weighted by molar-refractivity contribution is 6.04. The van der Waals surface area contributed by atoms with E-state index in [1.54, 1.807) is 13.8 Å². The summed E-state index contributed by atoms with van der Waals surface area (Å²) in [5.41, 5.74) is -0.293. The molecule has 2 aromatic carbocycles. The second kappa shape index (κ2) is 4.50. The van der Waals surface area contributed by atoms with E-state index in [0.29, 0.717) is 0 Å². The van der Waals surface area contributed by atoms with Gasteiger partial charge < -0.3 is 5.32 Å². The fraction of sp³-hybridized carbons (Fsp3) is 0.200. The molecule has 1 N–H and O–H groups in total. The van der Waals surface area contributed by atoms with Gasteiger partial charge in [0.25, 0.3) is 0 Å². The maximum atomic E-state index is 12.0. The van der Waals surface area contributed by atoms with Gasteiger partial charge in [-0.2, -0.15) is 5.26 Å². The molecule has 3 nitrogen and oxygen atoms in total. The lowest BCUT2D eigenvalue weighted by Gasteiger charge is -2.16. The van der Waals surface area contributed by atoms with Gasteiger partial charge in [0.2, 0.25) is 5.91 Å². The van der Waals surface area contributed by atoms with E-state index in [1.165, 1.54) is 0 Å². The average molecular weight is 238 g/mol. The molecule has 0 spiro atoms. The number of nitrogens with one attached hydrogen (secondary N) is 1. The molecule has 3 heteroatoms. The van der Waals surface area contributed by atoms with Crippen LogP contribution in [0.2, 0.25) is 0 Å². The minimum absolute atomic E-state index is 0.290. The van der Waals surface area contributed by atoms with Crippen LogP contribution in [0.3, 0.4) is 0 Å². The van der Waals surface area contributed by atoms with Gasteiger partial charge in [-0.15, -0.1) is 0 Å². The average Bonchev–Trinajstić information content (AvgIpc) is 2.39. The molecule has 0 saturated carbocycles. The van der Waals surface area contributed by atoms with Gasteiger partial charge in [0.05, 0.1) is 6.07 Å². The van der Waals surface area contributed by atoms with E-state index in [9.17, 15) is 4.79 Å². The number of rotatable bonds is 2. The summed E-state index contributed by atoms with van der Waals surface area (Å²) in [7, 11) is 0. The van der Waals surface area contributed by atoms with Crippen LogP contribution in [0.15, 0.2) is 42.5 Å². The number of fused-ring (bicyclic) bond motifs is 1. The van der Waals surface area contributed by atoms with Gasteiger partial charge in [-0.05, 0) is 25.3 Å². The van der Waals surface area contributed by atoms with E-state index in [4.69, 9.17) is 5.26 Å². The minimum atomic E-state index is -1.03.